The zero-order valence-electron chi connectivity index (χ0n) is 20.6. The maximum Gasteiger partial charge on any atom is 0.241 e. The minimum atomic E-state index is -0.0171. The van der Waals surface area contributed by atoms with Crippen molar-refractivity contribution in [3.8, 4) is 5.88 Å². The fourth-order valence-electron chi connectivity index (χ4n) is 3.29. The molecule has 0 atom stereocenters. The number of carbonyl (C=O) groups is 1. The summed E-state index contributed by atoms with van der Waals surface area (Å²) >= 11 is 0. The van der Waals surface area contributed by atoms with Crippen LogP contribution in [0, 0.1) is 0 Å². The van der Waals surface area contributed by atoms with Crippen LogP contribution in [0.4, 0.5) is 5.69 Å². The van der Waals surface area contributed by atoms with Gasteiger partial charge in [-0.3, -0.25) is 4.79 Å². The first-order valence-electron chi connectivity index (χ1n) is 10.9. The van der Waals surface area contributed by atoms with Crippen LogP contribution < -0.4 is 20.3 Å². The molecule has 0 bridgehead atoms. The number of amides is 1. The van der Waals surface area contributed by atoms with Crippen LogP contribution in [0.2, 0.25) is 0 Å². The molecule has 0 saturated heterocycles. The van der Waals surface area contributed by atoms with Crippen molar-refractivity contribution < 1.29 is 9.53 Å². The van der Waals surface area contributed by atoms with Gasteiger partial charge < -0.3 is 25.2 Å². The molecular weight excluding hydrogens is 533 g/mol. The molecule has 9 nitrogen and oxygen atoms in total. The Labute approximate surface area is 214 Å². The number of benzene rings is 1. The first kappa shape index (κ1) is 28.5. The van der Waals surface area contributed by atoms with Crippen molar-refractivity contribution in [3.05, 3.63) is 41.6 Å². The maximum absolute atomic E-state index is 12.0. The molecule has 1 aromatic carbocycles. The molecule has 0 aliphatic rings. The van der Waals surface area contributed by atoms with Crippen molar-refractivity contribution in [3.63, 3.8) is 0 Å². The Kier molecular flexibility index (Phi) is 12.6. The van der Waals surface area contributed by atoms with E-state index in [0.29, 0.717) is 18.4 Å². The van der Waals surface area contributed by atoms with Gasteiger partial charge in [-0.1, -0.05) is 25.1 Å². The van der Waals surface area contributed by atoms with Crippen LogP contribution in [-0.4, -0.2) is 74.4 Å². The molecule has 0 unspecified atom stereocenters. The predicted molar refractivity (Wildman–Crippen MR) is 145 cm³/mol. The Morgan fingerprint density at radius 1 is 1.18 bits per heavy atom. The number of methoxy groups -OCH3 is 1. The van der Waals surface area contributed by atoms with Gasteiger partial charge in [0.25, 0.3) is 0 Å². The van der Waals surface area contributed by atoms with Crippen molar-refractivity contribution >= 4 is 41.5 Å². The molecule has 2 aromatic rings. The van der Waals surface area contributed by atoms with Gasteiger partial charge in [0.15, 0.2) is 5.96 Å². The van der Waals surface area contributed by atoms with Crippen LogP contribution in [0.3, 0.4) is 0 Å². The van der Waals surface area contributed by atoms with E-state index in [1.54, 1.807) is 30.8 Å². The molecule has 0 saturated carbocycles. The second-order valence-corrected chi connectivity index (χ2v) is 7.76. The SMILES string of the molecule is CCc1nn(C)c(OC)c1CN=C(NCCCN(C)c1ccccc1)NCC(=O)N(C)C.I. The van der Waals surface area contributed by atoms with E-state index in [4.69, 9.17) is 9.73 Å². The number of aryl methyl sites for hydroxylation is 2. The second kappa shape index (κ2) is 14.6. The second-order valence-electron chi connectivity index (χ2n) is 7.76. The van der Waals surface area contributed by atoms with Crippen LogP contribution in [-0.2, 0) is 24.8 Å². The fraction of sp³-hybridized carbons (Fsp3) is 0.522. The zero-order chi connectivity index (χ0) is 23.5. The number of aromatic nitrogens is 2. The predicted octanol–water partition coefficient (Wildman–Crippen LogP) is 2.26. The highest BCUT2D eigenvalue weighted by molar-refractivity contribution is 14.0. The van der Waals surface area contributed by atoms with Crippen molar-refractivity contribution in [1.82, 2.24) is 25.3 Å². The third-order valence-corrected chi connectivity index (χ3v) is 5.16. The molecule has 10 heteroatoms. The van der Waals surface area contributed by atoms with Gasteiger partial charge in [0.05, 0.1) is 31.5 Å². The molecule has 0 aliphatic heterocycles. The number of hydrogen-bond donors (Lipinski definition) is 2. The average Bonchev–Trinajstić information content (AvgIpc) is 3.12. The summed E-state index contributed by atoms with van der Waals surface area (Å²) in [6.45, 7) is 4.27. The summed E-state index contributed by atoms with van der Waals surface area (Å²) < 4.78 is 7.25. The molecular formula is C23H38IN7O2. The van der Waals surface area contributed by atoms with Crippen molar-refractivity contribution in [1.29, 1.82) is 0 Å². The third-order valence-electron chi connectivity index (χ3n) is 5.16. The fourth-order valence-corrected chi connectivity index (χ4v) is 3.29. The Morgan fingerprint density at radius 2 is 1.88 bits per heavy atom. The normalized spacial score (nSPS) is 10.9. The number of likely N-dealkylation sites (N-methyl/N-ethyl adjacent to an activating group) is 1. The number of halogens is 1. The Hall–Kier alpha value is -2.50. The summed E-state index contributed by atoms with van der Waals surface area (Å²) in [6.07, 6.45) is 1.72. The molecule has 0 fully saturated rings. The molecule has 0 spiro atoms. The molecule has 33 heavy (non-hydrogen) atoms. The Bertz CT molecular complexity index is 884. The summed E-state index contributed by atoms with van der Waals surface area (Å²) in [5, 5.41) is 11.0. The highest BCUT2D eigenvalue weighted by Crippen LogP contribution is 2.22. The molecule has 0 radical (unpaired) electrons. The largest absolute Gasteiger partial charge is 0.481 e. The van der Waals surface area contributed by atoms with Gasteiger partial charge in [0.2, 0.25) is 11.8 Å². The molecule has 0 aliphatic carbocycles. The first-order valence-corrected chi connectivity index (χ1v) is 10.9. The molecule has 1 amide bonds. The van der Waals surface area contributed by atoms with Gasteiger partial charge >= 0.3 is 0 Å². The lowest BCUT2D eigenvalue weighted by Crippen LogP contribution is -2.43. The molecule has 184 valence electrons. The lowest BCUT2D eigenvalue weighted by molar-refractivity contribution is -0.127. The van der Waals surface area contributed by atoms with Crippen LogP contribution in [0.1, 0.15) is 24.6 Å². The lowest BCUT2D eigenvalue weighted by Gasteiger charge is -2.20. The average molecular weight is 572 g/mol. The molecule has 2 N–H and O–H groups in total. The van der Waals surface area contributed by atoms with Crippen LogP contribution in [0.5, 0.6) is 5.88 Å². The maximum atomic E-state index is 12.0. The lowest BCUT2D eigenvalue weighted by atomic mass is 10.2. The molecule has 1 heterocycles. The number of nitrogens with zero attached hydrogens (tertiary/aromatic N) is 5. The number of ether oxygens (including phenoxy) is 1. The highest BCUT2D eigenvalue weighted by atomic mass is 127. The van der Waals surface area contributed by atoms with E-state index in [9.17, 15) is 4.79 Å². The Morgan fingerprint density at radius 3 is 2.48 bits per heavy atom. The van der Waals surface area contributed by atoms with Crippen molar-refractivity contribution in [2.75, 3.05) is 52.8 Å². The summed E-state index contributed by atoms with van der Waals surface area (Å²) in [5.74, 6) is 1.28. The minimum Gasteiger partial charge on any atom is -0.481 e. The summed E-state index contributed by atoms with van der Waals surface area (Å²) in [5.41, 5.74) is 3.11. The number of aliphatic imine (C=N–C) groups is 1. The van der Waals surface area contributed by atoms with Crippen molar-refractivity contribution in [2.45, 2.75) is 26.3 Å². The topological polar surface area (TPSA) is 87.0 Å². The smallest absolute Gasteiger partial charge is 0.241 e. The van der Waals surface area contributed by atoms with Crippen LogP contribution in [0.25, 0.3) is 0 Å². The summed E-state index contributed by atoms with van der Waals surface area (Å²) in [7, 11) is 9.06. The van der Waals surface area contributed by atoms with Gasteiger partial charge in [0, 0.05) is 47.0 Å². The quantitative estimate of drug-likeness (QED) is 0.186. The van der Waals surface area contributed by atoms with Crippen LogP contribution >= 0.6 is 24.0 Å². The number of carbonyl (C=O) groups excluding carboxylic acids is 1. The monoisotopic (exact) mass is 571 g/mol. The van der Waals surface area contributed by atoms with E-state index in [1.807, 2.05) is 25.2 Å². The van der Waals surface area contributed by atoms with E-state index in [1.165, 1.54) is 5.69 Å². The number of para-hydroxylation sites is 1. The van der Waals surface area contributed by atoms with Crippen LogP contribution in [0.15, 0.2) is 35.3 Å². The van der Waals surface area contributed by atoms with E-state index in [-0.39, 0.29) is 36.4 Å². The van der Waals surface area contributed by atoms with E-state index >= 15 is 0 Å². The van der Waals surface area contributed by atoms with Gasteiger partial charge in [0.1, 0.15) is 0 Å². The summed E-state index contributed by atoms with van der Waals surface area (Å²) in [4.78, 5) is 20.5. The van der Waals surface area contributed by atoms with Gasteiger partial charge in [-0.2, -0.15) is 5.10 Å². The van der Waals surface area contributed by atoms with E-state index < -0.39 is 0 Å². The summed E-state index contributed by atoms with van der Waals surface area (Å²) in [6, 6.07) is 10.3. The third kappa shape index (κ3) is 8.75. The molecule has 2 rings (SSSR count). The molecule has 1 aromatic heterocycles. The van der Waals surface area contributed by atoms with Gasteiger partial charge in [-0.15, -0.1) is 24.0 Å². The van der Waals surface area contributed by atoms with Gasteiger partial charge in [-0.05, 0) is 25.0 Å². The number of guanidine groups is 1. The number of rotatable bonds is 11. The van der Waals surface area contributed by atoms with E-state index in [2.05, 4.69) is 46.7 Å². The number of anilines is 1. The zero-order valence-corrected chi connectivity index (χ0v) is 22.9. The van der Waals surface area contributed by atoms with Gasteiger partial charge in [-0.25, -0.2) is 9.67 Å². The number of nitrogens with one attached hydrogen (secondary N) is 2. The van der Waals surface area contributed by atoms with E-state index in [0.717, 1.165) is 37.2 Å². The standard InChI is InChI=1S/C23H37N7O2.HI/c1-7-20-19(22(32-6)30(5)27-20)16-25-23(26-17-21(31)28(2)3)24-14-11-15-29(4)18-12-9-8-10-13-18;/h8-10,12-13H,7,11,14-17H2,1-6H3,(H2,24,25,26);1H. The number of hydrogen-bond acceptors (Lipinski definition) is 5. The minimum absolute atomic E-state index is 0. The Balaban J connectivity index is 0.00000544. The first-order chi connectivity index (χ1) is 15.4. The van der Waals surface area contributed by atoms with Crippen molar-refractivity contribution in [2.24, 2.45) is 12.0 Å². The highest BCUT2D eigenvalue weighted by Gasteiger charge is 2.15.